The predicted molar refractivity (Wildman–Crippen MR) is 86.2 cm³/mol. The maximum atomic E-state index is 11.7. The summed E-state index contributed by atoms with van der Waals surface area (Å²) < 4.78 is 5.43. The number of hydrogen-bond donors (Lipinski definition) is 3. The Bertz CT molecular complexity index is 270. The quantitative estimate of drug-likeness (QED) is 0.478. The normalized spacial score (nSPS) is 14.5. The van der Waals surface area contributed by atoms with Crippen LogP contribution in [0.15, 0.2) is 0 Å². The summed E-state index contributed by atoms with van der Waals surface area (Å²) in [5.74, 6) is 1.09. The molecule has 0 radical (unpaired) electrons. The Labute approximate surface area is 129 Å². The van der Waals surface area contributed by atoms with Gasteiger partial charge in [0.05, 0.1) is 18.8 Å². The summed E-state index contributed by atoms with van der Waals surface area (Å²) in [6.45, 7) is 12.3. The molecule has 0 aromatic heterocycles. The Hall–Kier alpha value is -0.650. The molecular formula is C16H34N2O3. The summed E-state index contributed by atoms with van der Waals surface area (Å²) in [5, 5.41) is 15.7. The van der Waals surface area contributed by atoms with Crippen LogP contribution in [-0.2, 0) is 9.53 Å². The SMILES string of the molecule is CC(C)CCCOCC(O)CNC(C)C(=O)NCC(C)C. The van der Waals surface area contributed by atoms with E-state index in [9.17, 15) is 9.90 Å². The first-order valence-electron chi connectivity index (χ1n) is 8.09. The van der Waals surface area contributed by atoms with Gasteiger partial charge < -0.3 is 20.5 Å². The molecule has 0 aliphatic heterocycles. The minimum atomic E-state index is -0.579. The van der Waals surface area contributed by atoms with E-state index in [1.807, 2.05) is 0 Å². The highest BCUT2D eigenvalue weighted by molar-refractivity contribution is 5.81. The summed E-state index contributed by atoms with van der Waals surface area (Å²) >= 11 is 0. The molecule has 0 spiro atoms. The van der Waals surface area contributed by atoms with Crippen molar-refractivity contribution in [2.24, 2.45) is 11.8 Å². The van der Waals surface area contributed by atoms with Crippen molar-refractivity contribution in [3.05, 3.63) is 0 Å². The van der Waals surface area contributed by atoms with E-state index in [4.69, 9.17) is 4.74 Å². The van der Waals surface area contributed by atoms with Gasteiger partial charge in [0.25, 0.3) is 0 Å². The van der Waals surface area contributed by atoms with Gasteiger partial charge in [-0.15, -0.1) is 0 Å². The fraction of sp³-hybridized carbons (Fsp3) is 0.938. The maximum Gasteiger partial charge on any atom is 0.236 e. The average Bonchev–Trinajstić information content (AvgIpc) is 2.41. The molecule has 5 heteroatoms. The van der Waals surface area contributed by atoms with Gasteiger partial charge in [-0.2, -0.15) is 0 Å². The Morgan fingerprint density at radius 3 is 2.33 bits per heavy atom. The van der Waals surface area contributed by atoms with Crippen LogP contribution in [0.4, 0.5) is 0 Å². The van der Waals surface area contributed by atoms with Crippen molar-refractivity contribution in [2.75, 3.05) is 26.3 Å². The standard InChI is InChI=1S/C16H34N2O3/c1-12(2)7-6-8-21-11-15(19)10-17-14(5)16(20)18-9-13(3)4/h12-15,17,19H,6-11H2,1-5H3,(H,18,20). The van der Waals surface area contributed by atoms with Crippen LogP contribution in [0.3, 0.4) is 0 Å². The molecular weight excluding hydrogens is 268 g/mol. The minimum absolute atomic E-state index is 0.0336. The third-order valence-corrected chi connectivity index (χ3v) is 3.12. The lowest BCUT2D eigenvalue weighted by molar-refractivity contribution is -0.123. The van der Waals surface area contributed by atoms with Crippen molar-refractivity contribution in [3.63, 3.8) is 0 Å². The molecule has 0 heterocycles. The van der Waals surface area contributed by atoms with Gasteiger partial charge >= 0.3 is 0 Å². The van der Waals surface area contributed by atoms with Crippen LogP contribution in [0.1, 0.15) is 47.5 Å². The van der Waals surface area contributed by atoms with Gasteiger partial charge in [-0.3, -0.25) is 4.79 Å². The molecule has 2 unspecified atom stereocenters. The van der Waals surface area contributed by atoms with Crippen LogP contribution < -0.4 is 10.6 Å². The first-order valence-corrected chi connectivity index (χ1v) is 8.09. The zero-order valence-corrected chi connectivity index (χ0v) is 14.3. The highest BCUT2D eigenvalue weighted by atomic mass is 16.5. The highest BCUT2D eigenvalue weighted by Crippen LogP contribution is 2.03. The molecule has 0 rings (SSSR count). The van der Waals surface area contributed by atoms with Crippen LogP contribution >= 0.6 is 0 Å². The second-order valence-corrected chi connectivity index (χ2v) is 6.53. The Kier molecular flexibility index (Phi) is 11.6. The molecule has 0 bridgehead atoms. The van der Waals surface area contributed by atoms with Crippen molar-refractivity contribution in [1.29, 1.82) is 0 Å². The highest BCUT2D eigenvalue weighted by Gasteiger charge is 2.14. The van der Waals surface area contributed by atoms with Crippen LogP contribution in [-0.4, -0.2) is 49.5 Å². The minimum Gasteiger partial charge on any atom is -0.389 e. The lowest BCUT2D eigenvalue weighted by Crippen LogP contribution is -2.46. The van der Waals surface area contributed by atoms with Crippen molar-refractivity contribution >= 4 is 5.91 Å². The molecule has 0 aliphatic carbocycles. The number of carbonyl (C=O) groups is 1. The van der Waals surface area contributed by atoms with Gasteiger partial charge in [-0.1, -0.05) is 27.7 Å². The molecule has 2 atom stereocenters. The van der Waals surface area contributed by atoms with Crippen LogP contribution in [0.2, 0.25) is 0 Å². The van der Waals surface area contributed by atoms with Crippen LogP contribution in [0.5, 0.6) is 0 Å². The van der Waals surface area contributed by atoms with Gasteiger partial charge in [-0.25, -0.2) is 0 Å². The second kappa shape index (κ2) is 12.0. The van der Waals surface area contributed by atoms with Gasteiger partial charge in [0.1, 0.15) is 0 Å². The zero-order valence-electron chi connectivity index (χ0n) is 14.3. The molecule has 0 aromatic carbocycles. The van der Waals surface area contributed by atoms with Crippen LogP contribution in [0.25, 0.3) is 0 Å². The third-order valence-electron chi connectivity index (χ3n) is 3.12. The lowest BCUT2D eigenvalue weighted by atomic mass is 10.1. The van der Waals surface area contributed by atoms with Gasteiger partial charge in [0.15, 0.2) is 0 Å². The van der Waals surface area contributed by atoms with Crippen molar-refractivity contribution in [2.45, 2.75) is 59.6 Å². The van der Waals surface area contributed by atoms with E-state index in [-0.39, 0.29) is 11.9 Å². The number of rotatable bonds is 12. The van der Waals surface area contributed by atoms with E-state index in [1.54, 1.807) is 6.92 Å². The molecule has 21 heavy (non-hydrogen) atoms. The molecule has 126 valence electrons. The van der Waals surface area contributed by atoms with E-state index in [2.05, 4.69) is 38.3 Å². The first kappa shape index (κ1) is 20.3. The molecule has 0 fully saturated rings. The first-order chi connectivity index (χ1) is 9.82. The van der Waals surface area contributed by atoms with Crippen LogP contribution in [0, 0.1) is 11.8 Å². The summed E-state index contributed by atoms with van der Waals surface area (Å²) in [6.07, 6.45) is 1.58. The van der Waals surface area contributed by atoms with Gasteiger partial charge in [0.2, 0.25) is 5.91 Å². The van der Waals surface area contributed by atoms with Crippen molar-refractivity contribution in [1.82, 2.24) is 10.6 Å². The molecule has 0 aliphatic rings. The van der Waals surface area contributed by atoms with Gasteiger partial charge in [-0.05, 0) is 31.6 Å². The molecule has 3 N–H and O–H groups in total. The topological polar surface area (TPSA) is 70.6 Å². The number of aliphatic hydroxyl groups is 1. The zero-order chi connectivity index (χ0) is 16.3. The van der Waals surface area contributed by atoms with E-state index >= 15 is 0 Å². The Morgan fingerprint density at radius 1 is 1.10 bits per heavy atom. The number of amides is 1. The Morgan fingerprint density at radius 2 is 1.76 bits per heavy atom. The smallest absolute Gasteiger partial charge is 0.236 e. The summed E-state index contributed by atoms with van der Waals surface area (Å²) in [5.41, 5.74) is 0. The fourth-order valence-electron chi connectivity index (χ4n) is 1.74. The number of nitrogens with one attached hydrogen (secondary N) is 2. The van der Waals surface area contributed by atoms with Gasteiger partial charge in [0, 0.05) is 19.7 Å². The van der Waals surface area contributed by atoms with E-state index in [0.717, 1.165) is 12.8 Å². The average molecular weight is 302 g/mol. The number of aliphatic hydroxyl groups excluding tert-OH is 1. The third kappa shape index (κ3) is 12.8. The van der Waals surface area contributed by atoms with E-state index in [0.29, 0.717) is 38.1 Å². The molecule has 0 aromatic rings. The second-order valence-electron chi connectivity index (χ2n) is 6.53. The number of hydrogen-bond acceptors (Lipinski definition) is 4. The van der Waals surface area contributed by atoms with E-state index < -0.39 is 6.10 Å². The largest absolute Gasteiger partial charge is 0.389 e. The summed E-state index contributed by atoms with van der Waals surface area (Å²) in [4.78, 5) is 11.7. The maximum absolute atomic E-state index is 11.7. The Balaban J connectivity index is 3.62. The predicted octanol–water partition coefficient (Wildman–Crippen LogP) is 1.55. The molecule has 5 nitrogen and oxygen atoms in total. The number of carbonyl (C=O) groups excluding carboxylic acids is 1. The molecule has 0 saturated heterocycles. The van der Waals surface area contributed by atoms with Crippen molar-refractivity contribution in [3.8, 4) is 0 Å². The number of ether oxygens (including phenoxy) is 1. The lowest BCUT2D eigenvalue weighted by Gasteiger charge is -2.18. The van der Waals surface area contributed by atoms with Crippen molar-refractivity contribution < 1.29 is 14.6 Å². The molecule has 1 amide bonds. The van der Waals surface area contributed by atoms with E-state index in [1.165, 1.54) is 0 Å². The fourth-order valence-corrected chi connectivity index (χ4v) is 1.74. The monoisotopic (exact) mass is 302 g/mol. The molecule has 0 saturated carbocycles. The summed E-state index contributed by atoms with van der Waals surface area (Å²) in [6, 6.07) is -0.306. The summed E-state index contributed by atoms with van der Waals surface area (Å²) in [7, 11) is 0.